The van der Waals surface area contributed by atoms with Gasteiger partial charge in [0.25, 0.3) is 0 Å². The van der Waals surface area contributed by atoms with Crippen molar-refractivity contribution in [3.63, 3.8) is 0 Å². The molecule has 0 aromatic carbocycles. The molecule has 0 rings (SSSR count). The lowest BCUT2D eigenvalue weighted by Gasteiger charge is -2.00. The average Bonchev–Trinajstić information content (AvgIpc) is 3.01. The highest BCUT2D eigenvalue weighted by Crippen LogP contribution is 2.12. The van der Waals surface area contributed by atoms with Gasteiger partial charge >= 0.3 is 11.9 Å². The van der Waals surface area contributed by atoms with Crippen LogP contribution in [0.2, 0.25) is 0 Å². The first-order valence-corrected chi connectivity index (χ1v) is 18.4. The molecule has 0 aromatic heterocycles. The van der Waals surface area contributed by atoms with Crippen LogP contribution in [-0.4, -0.2) is 45.6 Å². The lowest BCUT2D eigenvalue weighted by atomic mass is 10.1. The Morgan fingerprint density at radius 3 is 0.841 bits per heavy atom. The molecule has 0 bridgehead atoms. The van der Waals surface area contributed by atoms with Crippen LogP contribution in [0.3, 0.4) is 0 Å². The molecule has 0 radical (unpaired) electrons. The van der Waals surface area contributed by atoms with Gasteiger partial charge in [-0.1, -0.05) is 141 Å². The minimum absolute atomic E-state index is 0.125. The Hall–Kier alpha value is -1.66. The van der Waals surface area contributed by atoms with Gasteiger partial charge < -0.3 is 20.4 Å². The monoisotopic (exact) mass is 627 g/mol. The summed E-state index contributed by atoms with van der Waals surface area (Å²) in [6.45, 7) is 4.25. The highest BCUT2D eigenvalue weighted by molar-refractivity contribution is 5.66. The van der Waals surface area contributed by atoms with Gasteiger partial charge in [-0.15, -0.1) is 0 Å². The first kappa shape index (κ1) is 46.8. The van der Waals surface area contributed by atoms with E-state index in [-0.39, 0.29) is 13.2 Å². The number of hydrogen-bond donors (Lipinski definition) is 4. The lowest BCUT2D eigenvalue weighted by Crippen LogP contribution is -1.93. The summed E-state index contributed by atoms with van der Waals surface area (Å²) in [6, 6.07) is 0. The predicted molar refractivity (Wildman–Crippen MR) is 188 cm³/mol. The standard InChI is InChI=1S/2C18H34O2.C2H6O2/c2*1-2-3-4-5-6-7-8-9-10-11-12-13-14-15-16-17-18(19)20;3-1-2-4/h2*7-8H,2-6,9-17H2,1H3,(H,19,20);3-4H,1-2H2/b2*8-7+;. The van der Waals surface area contributed by atoms with Crippen LogP contribution in [0.1, 0.15) is 194 Å². The molecule has 0 aliphatic rings. The molecule has 4 N–H and O–H groups in total. The van der Waals surface area contributed by atoms with E-state index in [2.05, 4.69) is 38.2 Å². The first-order chi connectivity index (χ1) is 21.5. The molecule has 0 aliphatic heterocycles. The number of allylic oxidation sites excluding steroid dienone is 4. The number of unbranched alkanes of at least 4 members (excludes halogenated alkanes) is 22. The molecular weight excluding hydrogens is 552 g/mol. The Morgan fingerprint density at radius 2 is 0.614 bits per heavy atom. The van der Waals surface area contributed by atoms with Crippen LogP contribution in [0.15, 0.2) is 24.3 Å². The second kappa shape index (κ2) is 45.8. The predicted octanol–water partition coefficient (Wildman–Crippen LogP) is 11.2. The fourth-order valence-electron chi connectivity index (χ4n) is 4.69. The van der Waals surface area contributed by atoms with Gasteiger partial charge in [0.15, 0.2) is 0 Å². The third-order valence-corrected chi connectivity index (χ3v) is 7.40. The van der Waals surface area contributed by atoms with Crippen molar-refractivity contribution in [2.45, 2.75) is 194 Å². The second-order valence-electron chi connectivity index (χ2n) is 11.9. The van der Waals surface area contributed by atoms with E-state index in [1.165, 1.54) is 141 Å². The number of carbonyl (C=O) groups is 2. The van der Waals surface area contributed by atoms with Gasteiger partial charge in [-0.05, 0) is 64.2 Å². The van der Waals surface area contributed by atoms with Crippen molar-refractivity contribution >= 4 is 11.9 Å². The molecule has 6 heteroatoms. The van der Waals surface area contributed by atoms with Gasteiger partial charge in [-0.25, -0.2) is 0 Å². The van der Waals surface area contributed by atoms with Crippen molar-refractivity contribution < 1.29 is 30.0 Å². The third kappa shape index (κ3) is 56.2. The van der Waals surface area contributed by atoms with E-state index >= 15 is 0 Å². The normalized spacial score (nSPS) is 10.9. The maximum Gasteiger partial charge on any atom is 0.303 e. The summed E-state index contributed by atoms with van der Waals surface area (Å²) in [5.74, 6) is -1.32. The molecule has 0 aliphatic carbocycles. The molecular formula is C38H74O6. The van der Waals surface area contributed by atoms with Gasteiger partial charge in [0.1, 0.15) is 0 Å². The molecule has 0 spiro atoms. The maximum absolute atomic E-state index is 10.3. The average molecular weight is 627 g/mol. The van der Waals surface area contributed by atoms with Crippen molar-refractivity contribution in [2.75, 3.05) is 13.2 Å². The summed E-state index contributed by atoms with van der Waals surface area (Å²) in [5.41, 5.74) is 0. The van der Waals surface area contributed by atoms with Crippen molar-refractivity contribution in [3.05, 3.63) is 24.3 Å². The number of carboxylic acids is 2. The topological polar surface area (TPSA) is 115 Å². The Morgan fingerprint density at radius 1 is 0.386 bits per heavy atom. The summed E-state index contributed by atoms with van der Waals surface area (Å²) < 4.78 is 0. The highest BCUT2D eigenvalue weighted by atomic mass is 16.4. The van der Waals surface area contributed by atoms with Crippen molar-refractivity contribution in [3.8, 4) is 0 Å². The van der Waals surface area contributed by atoms with Crippen LogP contribution < -0.4 is 0 Å². The van der Waals surface area contributed by atoms with Gasteiger partial charge in [-0.3, -0.25) is 9.59 Å². The summed E-state index contributed by atoms with van der Waals surface area (Å²) in [5, 5.41) is 32.3. The van der Waals surface area contributed by atoms with Crippen LogP contribution in [0, 0.1) is 0 Å². The largest absolute Gasteiger partial charge is 0.481 e. The minimum Gasteiger partial charge on any atom is -0.481 e. The number of hydrogen-bond acceptors (Lipinski definition) is 4. The fourth-order valence-corrected chi connectivity index (χ4v) is 4.69. The number of aliphatic hydroxyl groups is 2. The molecule has 262 valence electrons. The van der Waals surface area contributed by atoms with Crippen LogP contribution >= 0.6 is 0 Å². The third-order valence-electron chi connectivity index (χ3n) is 7.40. The van der Waals surface area contributed by atoms with E-state index in [1.807, 2.05) is 0 Å². The van der Waals surface area contributed by atoms with Gasteiger partial charge in [0.2, 0.25) is 0 Å². The fraction of sp³-hybridized carbons (Fsp3) is 0.842. The quantitative estimate of drug-likeness (QED) is 0.0449. The highest BCUT2D eigenvalue weighted by Gasteiger charge is 1.97. The van der Waals surface area contributed by atoms with Crippen molar-refractivity contribution in [1.29, 1.82) is 0 Å². The summed E-state index contributed by atoms with van der Waals surface area (Å²) in [7, 11) is 0. The van der Waals surface area contributed by atoms with Crippen LogP contribution in [-0.2, 0) is 9.59 Å². The first-order valence-electron chi connectivity index (χ1n) is 18.4. The van der Waals surface area contributed by atoms with Crippen LogP contribution in [0.5, 0.6) is 0 Å². The Balaban J connectivity index is -0.000000680. The maximum atomic E-state index is 10.3. The zero-order chi connectivity index (χ0) is 33.2. The Kier molecular flexibility index (Phi) is 48.6. The lowest BCUT2D eigenvalue weighted by molar-refractivity contribution is -0.138. The number of aliphatic carboxylic acids is 2. The summed E-state index contributed by atoms with van der Waals surface area (Å²) in [6.07, 6.45) is 42.5. The summed E-state index contributed by atoms with van der Waals surface area (Å²) >= 11 is 0. The molecule has 0 atom stereocenters. The van der Waals surface area contributed by atoms with E-state index in [0.29, 0.717) is 12.8 Å². The minimum atomic E-state index is -0.661. The molecule has 0 heterocycles. The van der Waals surface area contributed by atoms with E-state index in [1.54, 1.807) is 0 Å². The number of aliphatic hydroxyl groups excluding tert-OH is 2. The van der Waals surface area contributed by atoms with E-state index < -0.39 is 11.9 Å². The smallest absolute Gasteiger partial charge is 0.303 e. The molecule has 0 saturated heterocycles. The molecule has 0 saturated carbocycles. The molecule has 0 aromatic rings. The number of rotatable bonds is 31. The van der Waals surface area contributed by atoms with Crippen LogP contribution in [0.4, 0.5) is 0 Å². The zero-order valence-corrected chi connectivity index (χ0v) is 29.1. The molecule has 6 nitrogen and oxygen atoms in total. The van der Waals surface area contributed by atoms with Crippen molar-refractivity contribution in [1.82, 2.24) is 0 Å². The molecule has 44 heavy (non-hydrogen) atoms. The van der Waals surface area contributed by atoms with E-state index in [4.69, 9.17) is 20.4 Å². The van der Waals surface area contributed by atoms with Crippen LogP contribution in [0.25, 0.3) is 0 Å². The Bertz CT molecular complexity index is 550. The summed E-state index contributed by atoms with van der Waals surface area (Å²) in [4.78, 5) is 20.7. The second-order valence-corrected chi connectivity index (χ2v) is 11.9. The van der Waals surface area contributed by atoms with Crippen molar-refractivity contribution in [2.24, 2.45) is 0 Å². The van der Waals surface area contributed by atoms with Gasteiger partial charge in [-0.2, -0.15) is 0 Å². The molecule has 0 unspecified atom stereocenters. The van der Waals surface area contributed by atoms with E-state index in [9.17, 15) is 9.59 Å². The van der Waals surface area contributed by atoms with Gasteiger partial charge in [0, 0.05) is 12.8 Å². The number of carboxylic acid groups (broad SMARTS) is 2. The Labute approximate surface area is 272 Å². The zero-order valence-electron chi connectivity index (χ0n) is 29.1. The molecule has 0 amide bonds. The van der Waals surface area contributed by atoms with E-state index in [0.717, 1.165) is 25.7 Å². The molecule has 0 fully saturated rings. The van der Waals surface area contributed by atoms with Gasteiger partial charge in [0.05, 0.1) is 13.2 Å². The SMILES string of the molecule is CCCCCC/C=C/CCCCCCCCCC(=O)O.CCCCCC/C=C/CCCCCCCCCC(=O)O.OCCO.